The standard InChI is InChI=1S/C10H12F2O2/c1-2-9(13)7-3-5-8(6-4-7)14-10(11)12/h3-6,9-10,13H,2H2,1H3/t9-/m0/s1. The molecule has 0 aliphatic carbocycles. The molecule has 0 aliphatic rings. The molecule has 0 aliphatic heterocycles. The number of benzene rings is 1. The molecule has 78 valence electrons. The maximum absolute atomic E-state index is 11.8. The predicted octanol–water partition coefficient (Wildman–Crippen LogP) is 2.73. The van der Waals surface area contributed by atoms with Crippen LogP contribution in [0, 0.1) is 0 Å². The summed E-state index contributed by atoms with van der Waals surface area (Å²) >= 11 is 0. The summed E-state index contributed by atoms with van der Waals surface area (Å²) in [5, 5.41) is 9.41. The highest BCUT2D eigenvalue weighted by Crippen LogP contribution is 2.20. The first-order valence-corrected chi connectivity index (χ1v) is 4.36. The summed E-state index contributed by atoms with van der Waals surface area (Å²) in [6.07, 6.45) is 0.0466. The number of hydrogen-bond donors (Lipinski definition) is 1. The van der Waals surface area contributed by atoms with Crippen LogP contribution in [0.3, 0.4) is 0 Å². The minimum absolute atomic E-state index is 0.104. The van der Waals surface area contributed by atoms with E-state index in [9.17, 15) is 13.9 Å². The molecule has 0 bridgehead atoms. The van der Waals surface area contributed by atoms with Crippen molar-refractivity contribution in [3.8, 4) is 5.75 Å². The van der Waals surface area contributed by atoms with Crippen LogP contribution < -0.4 is 4.74 Å². The normalized spacial score (nSPS) is 12.9. The van der Waals surface area contributed by atoms with E-state index in [-0.39, 0.29) is 5.75 Å². The Bertz CT molecular complexity index is 272. The number of rotatable bonds is 4. The molecule has 0 fully saturated rings. The van der Waals surface area contributed by atoms with Crippen molar-refractivity contribution in [2.24, 2.45) is 0 Å². The molecule has 4 heteroatoms. The Balaban J connectivity index is 2.68. The maximum atomic E-state index is 11.8. The van der Waals surface area contributed by atoms with E-state index >= 15 is 0 Å². The van der Waals surface area contributed by atoms with E-state index in [0.29, 0.717) is 12.0 Å². The third-order valence-electron chi connectivity index (χ3n) is 1.88. The van der Waals surface area contributed by atoms with Crippen LogP contribution >= 0.6 is 0 Å². The van der Waals surface area contributed by atoms with Gasteiger partial charge in [-0.3, -0.25) is 0 Å². The fraction of sp³-hybridized carbons (Fsp3) is 0.400. The fourth-order valence-corrected chi connectivity index (χ4v) is 1.11. The van der Waals surface area contributed by atoms with E-state index in [1.165, 1.54) is 12.1 Å². The van der Waals surface area contributed by atoms with Gasteiger partial charge in [0.25, 0.3) is 0 Å². The van der Waals surface area contributed by atoms with Gasteiger partial charge < -0.3 is 9.84 Å². The van der Waals surface area contributed by atoms with Gasteiger partial charge in [-0.25, -0.2) is 0 Å². The lowest BCUT2D eigenvalue weighted by Crippen LogP contribution is -2.02. The van der Waals surface area contributed by atoms with Crippen LogP contribution in [-0.2, 0) is 0 Å². The Morgan fingerprint density at radius 3 is 2.29 bits per heavy atom. The molecule has 1 rings (SSSR count). The monoisotopic (exact) mass is 202 g/mol. The van der Waals surface area contributed by atoms with Crippen molar-refractivity contribution < 1.29 is 18.6 Å². The van der Waals surface area contributed by atoms with E-state index in [1.807, 2.05) is 6.92 Å². The van der Waals surface area contributed by atoms with Gasteiger partial charge in [-0.2, -0.15) is 8.78 Å². The second kappa shape index (κ2) is 4.91. The zero-order valence-corrected chi connectivity index (χ0v) is 7.78. The first kappa shape index (κ1) is 10.9. The quantitative estimate of drug-likeness (QED) is 0.813. The van der Waals surface area contributed by atoms with Crippen LogP contribution in [0.2, 0.25) is 0 Å². The van der Waals surface area contributed by atoms with Gasteiger partial charge in [-0.05, 0) is 24.1 Å². The Morgan fingerprint density at radius 1 is 1.29 bits per heavy atom. The van der Waals surface area contributed by atoms with Crippen molar-refractivity contribution in [2.75, 3.05) is 0 Å². The summed E-state index contributed by atoms with van der Waals surface area (Å²) in [6.45, 7) is -0.967. The van der Waals surface area contributed by atoms with Gasteiger partial charge in [0.2, 0.25) is 0 Å². The topological polar surface area (TPSA) is 29.5 Å². The molecule has 0 saturated heterocycles. The number of aliphatic hydroxyl groups is 1. The number of alkyl halides is 2. The van der Waals surface area contributed by atoms with E-state index in [4.69, 9.17) is 0 Å². The largest absolute Gasteiger partial charge is 0.435 e. The molecule has 1 aromatic carbocycles. The zero-order chi connectivity index (χ0) is 10.6. The van der Waals surface area contributed by atoms with Crippen molar-refractivity contribution in [2.45, 2.75) is 26.1 Å². The van der Waals surface area contributed by atoms with Crippen molar-refractivity contribution in [1.82, 2.24) is 0 Å². The van der Waals surface area contributed by atoms with E-state index in [2.05, 4.69) is 4.74 Å². The van der Waals surface area contributed by atoms with Crippen molar-refractivity contribution in [3.05, 3.63) is 29.8 Å². The highest BCUT2D eigenvalue weighted by molar-refractivity contribution is 5.28. The molecule has 0 spiro atoms. The Hall–Kier alpha value is -1.16. The second-order valence-electron chi connectivity index (χ2n) is 2.87. The predicted molar refractivity (Wildman–Crippen MR) is 48.3 cm³/mol. The number of ether oxygens (including phenoxy) is 1. The summed E-state index contributed by atoms with van der Waals surface area (Å²) in [6, 6.07) is 5.98. The fourth-order valence-electron chi connectivity index (χ4n) is 1.11. The lowest BCUT2D eigenvalue weighted by molar-refractivity contribution is -0.0498. The summed E-state index contributed by atoms with van der Waals surface area (Å²) in [5.74, 6) is 0.104. The maximum Gasteiger partial charge on any atom is 0.387 e. The third-order valence-corrected chi connectivity index (χ3v) is 1.88. The van der Waals surface area contributed by atoms with Gasteiger partial charge in [-0.1, -0.05) is 19.1 Å². The zero-order valence-electron chi connectivity index (χ0n) is 7.78. The average molecular weight is 202 g/mol. The Kier molecular flexibility index (Phi) is 3.83. The van der Waals surface area contributed by atoms with Gasteiger partial charge >= 0.3 is 6.61 Å². The Morgan fingerprint density at radius 2 is 1.86 bits per heavy atom. The SMILES string of the molecule is CC[C@H](O)c1ccc(OC(F)F)cc1. The molecule has 0 unspecified atom stereocenters. The van der Waals surface area contributed by atoms with Crippen molar-refractivity contribution >= 4 is 0 Å². The van der Waals surface area contributed by atoms with Gasteiger partial charge in [0.05, 0.1) is 6.10 Å². The molecular formula is C10H12F2O2. The summed E-state index contributed by atoms with van der Waals surface area (Å²) in [7, 11) is 0. The molecule has 1 aromatic rings. The lowest BCUT2D eigenvalue weighted by Gasteiger charge is -2.09. The van der Waals surface area contributed by atoms with Crippen LogP contribution in [0.25, 0.3) is 0 Å². The highest BCUT2D eigenvalue weighted by Gasteiger charge is 2.06. The van der Waals surface area contributed by atoms with Crippen LogP contribution in [0.5, 0.6) is 5.75 Å². The van der Waals surface area contributed by atoms with Gasteiger partial charge in [0.1, 0.15) is 5.75 Å². The third kappa shape index (κ3) is 2.96. The molecule has 14 heavy (non-hydrogen) atoms. The number of hydrogen-bond acceptors (Lipinski definition) is 2. The Labute approximate surface area is 81.1 Å². The lowest BCUT2D eigenvalue weighted by atomic mass is 10.1. The number of halogens is 2. The summed E-state index contributed by atoms with van der Waals surface area (Å²) in [4.78, 5) is 0. The smallest absolute Gasteiger partial charge is 0.387 e. The van der Waals surface area contributed by atoms with E-state index in [0.717, 1.165) is 0 Å². The van der Waals surface area contributed by atoms with E-state index < -0.39 is 12.7 Å². The molecule has 0 radical (unpaired) electrons. The first-order valence-electron chi connectivity index (χ1n) is 4.36. The van der Waals surface area contributed by atoms with E-state index in [1.54, 1.807) is 12.1 Å². The molecule has 0 heterocycles. The van der Waals surface area contributed by atoms with Crippen LogP contribution in [0.4, 0.5) is 8.78 Å². The number of aliphatic hydroxyl groups excluding tert-OH is 1. The van der Waals surface area contributed by atoms with Crippen LogP contribution in [0.1, 0.15) is 25.0 Å². The van der Waals surface area contributed by atoms with Crippen molar-refractivity contribution in [3.63, 3.8) is 0 Å². The molecule has 0 saturated carbocycles. The molecule has 1 N–H and O–H groups in total. The van der Waals surface area contributed by atoms with Gasteiger partial charge in [-0.15, -0.1) is 0 Å². The van der Waals surface area contributed by atoms with Gasteiger partial charge in [0, 0.05) is 0 Å². The minimum atomic E-state index is -2.81. The first-order chi connectivity index (χ1) is 6.63. The second-order valence-corrected chi connectivity index (χ2v) is 2.87. The van der Waals surface area contributed by atoms with Crippen molar-refractivity contribution in [1.29, 1.82) is 0 Å². The molecule has 1 atom stereocenters. The summed E-state index contributed by atoms with van der Waals surface area (Å²) in [5.41, 5.74) is 0.703. The van der Waals surface area contributed by atoms with Crippen LogP contribution in [-0.4, -0.2) is 11.7 Å². The summed E-state index contributed by atoms with van der Waals surface area (Å²) < 4.78 is 27.7. The average Bonchev–Trinajstić information content (AvgIpc) is 2.17. The highest BCUT2D eigenvalue weighted by atomic mass is 19.3. The van der Waals surface area contributed by atoms with Crippen LogP contribution in [0.15, 0.2) is 24.3 Å². The van der Waals surface area contributed by atoms with Gasteiger partial charge in [0.15, 0.2) is 0 Å². The molecular weight excluding hydrogens is 190 g/mol. The molecule has 2 nitrogen and oxygen atoms in total. The molecule has 0 aromatic heterocycles. The minimum Gasteiger partial charge on any atom is -0.435 e. The molecule has 0 amide bonds.